The van der Waals surface area contributed by atoms with Gasteiger partial charge >= 0.3 is 0 Å². The normalized spacial score (nSPS) is 20.0. The average molecular weight is 296 g/mol. The lowest BCUT2D eigenvalue weighted by molar-refractivity contribution is 0.261. The monoisotopic (exact) mass is 296 g/mol. The fraction of sp³-hybridized carbons (Fsp3) is 0.368. The molecule has 2 aromatic rings. The van der Waals surface area contributed by atoms with E-state index < -0.39 is 0 Å². The minimum Gasteiger partial charge on any atom is -0.392 e. The Labute approximate surface area is 132 Å². The summed E-state index contributed by atoms with van der Waals surface area (Å²) in [5, 5.41) is 13.0. The summed E-state index contributed by atoms with van der Waals surface area (Å²) in [6.45, 7) is 4.50. The zero-order chi connectivity index (χ0) is 15.4. The highest BCUT2D eigenvalue weighted by molar-refractivity contribution is 5.51. The van der Waals surface area contributed by atoms with Crippen molar-refractivity contribution in [3.05, 3.63) is 65.7 Å². The third-order valence-electron chi connectivity index (χ3n) is 4.60. The van der Waals surface area contributed by atoms with E-state index in [1.807, 2.05) is 18.2 Å². The molecule has 0 saturated carbocycles. The lowest BCUT2D eigenvalue weighted by Crippen LogP contribution is -2.28. The van der Waals surface area contributed by atoms with E-state index in [9.17, 15) is 5.11 Å². The van der Waals surface area contributed by atoms with Crippen molar-refractivity contribution in [3.8, 4) is 0 Å². The van der Waals surface area contributed by atoms with E-state index in [0.29, 0.717) is 12.1 Å². The predicted molar refractivity (Wildman–Crippen MR) is 90.8 cm³/mol. The Hall–Kier alpha value is -1.84. The summed E-state index contributed by atoms with van der Waals surface area (Å²) in [6, 6.07) is 19.6. The van der Waals surface area contributed by atoms with Crippen LogP contribution in [0.1, 0.15) is 30.5 Å². The number of anilines is 1. The van der Waals surface area contributed by atoms with E-state index in [0.717, 1.165) is 30.8 Å². The standard InChI is InChI=1S/C19H24N2O/c1-15(16-7-3-2-4-8-16)21-12-11-18(13-21)20-19-10-6-5-9-17(19)14-22/h2-10,15,18,20,22H,11-14H2,1H3. The quantitative estimate of drug-likeness (QED) is 0.887. The number of aliphatic hydroxyl groups excluding tert-OH is 1. The van der Waals surface area contributed by atoms with Crippen LogP contribution in [0.4, 0.5) is 5.69 Å². The second-order valence-electron chi connectivity index (χ2n) is 6.03. The predicted octanol–water partition coefficient (Wildman–Crippen LogP) is 3.43. The first-order valence-corrected chi connectivity index (χ1v) is 8.02. The Bertz CT molecular complexity index is 599. The molecule has 3 heteroatoms. The van der Waals surface area contributed by atoms with Crippen molar-refractivity contribution in [2.75, 3.05) is 18.4 Å². The number of aliphatic hydroxyl groups is 1. The van der Waals surface area contributed by atoms with Crippen molar-refractivity contribution >= 4 is 5.69 Å². The summed E-state index contributed by atoms with van der Waals surface area (Å²) < 4.78 is 0. The first-order chi connectivity index (χ1) is 10.8. The van der Waals surface area contributed by atoms with E-state index in [4.69, 9.17) is 0 Å². The molecule has 0 radical (unpaired) electrons. The van der Waals surface area contributed by atoms with Crippen LogP contribution < -0.4 is 5.32 Å². The summed E-state index contributed by atoms with van der Waals surface area (Å²) in [5.41, 5.74) is 3.40. The molecule has 0 aromatic heterocycles. The molecule has 2 aromatic carbocycles. The molecule has 1 fully saturated rings. The van der Waals surface area contributed by atoms with Crippen molar-refractivity contribution in [1.82, 2.24) is 4.90 Å². The molecule has 1 aliphatic rings. The molecule has 1 saturated heterocycles. The maximum absolute atomic E-state index is 9.43. The van der Waals surface area contributed by atoms with E-state index in [1.54, 1.807) is 0 Å². The summed E-state index contributed by atoms with van der Waals surface area (Å²) >= 11 is 0. The third kappa shape index (κ3) is 3.32. The molecule has 116 valence electrons. The number of hydrogen-bond donors (Lipinski definition) is 2. The second-order valence-corrected chi connectivity index (χ2v) is 6.03. The average Bonchev–Trinajstić information content (AvgIpc) is 3.04. The van der Waals surface area contributed by atoms with Crippen molar-refractivity contribution in [2.24, 2.45) is 0 Å². The molecule has 3 rings (SSSR count). The summed E-state index contributed by atoms with van der Waals surface area (Å²) in [7, 11) is 0. The maximum Gasteiger partial charge on any atom is 0.0701 e. The van der Waals surface area contributed by atoms with Gasteiger partial charge in [0.15, 0.2) is 0 Å². The van der Waals surface area contributed by atoms with Gasteiger partial charge in [-0.05, 0) is 25.0 Å². The van der Waals surface area contributed by atoms with Gasteiger partial charge in [0.2, 0.25) is 0 Å². The molecule has 2 atom stereocenters. The Kier molecular flexibility index (Phi) is 4.76. The zero-order valence-electron chi connectivity index (χ0n) is 13.1. The van der Waals surface area contributed by atoms with Gasteiger partial charge in [0.25, 0.3) is 0 Å². The minimum absolute atomic E-state index is 0.0834. The van der Waals surface area contributed by atoms with Crippen LogP contribution in [0.3, 0.4) is 0 Å². The lowest BCUT2D eigenvalue weighted by Gasteiger charge is -2.25. The molecular weight excluding hydrogens is 272 g/mol. The first-order valence-electron chi connectivity index (χ1n) is 8.02. The van der Waals surface area contributed by atoms with Gasteiger partial charge in [-0.3, -0.25) is 4.90 Å². The van der Waals surface area contributed by atoms with Crippen LogP contribution >= 0.6 is 0 Å². The molecule has 1 heterocycles. The number of para-hydroxylation sites is 1. The molecule has 0 spiro atoms. The zero-order valence-corrected chi connectivity index (χ0v) is 13.1. The highest BCUT2D eigenvalue weighted by atomic mass is 16.3. The molecule has 2 unspecified atom stereocenters. The van der Waals surface area contributed by atoms with Gasteiger partial charge in [0.1, 0.15) is 0 Å². The largest absolute Gasteiger partial charge is 0.392 e. The van der Waals surface area contributed by atoms with Crippen LogP contribution in [-0.4, -0.2) is 29.1 Å². The fourth-order valence-electron chi connectivity index (χ4n) is 3.22. The third-order valence-corrected chi connectivity index (χ3v) is 4.60. The molecular formula is C19H24N2O. The van der Waals surface area contributed by atoms with Crippen molar-refractivity contribution in [2.45, 2.75) is 32.0 Å². The Morgan fingerprint density at radius 1 is 1.14 bits per heavy atom. The molecule has 1 aliphatic heterocycles. The molecule has 0 amide bonds. The lowest BCUT2D eigenvalue weighted by atomic mass is 10.1. The number of rotatable bonds is 5. The van der Waals surface area contributed by atoms with Crippen molar-refractivity contribution < 1.29 is 5.11 Å². The van der Waals surface area contributed by atoms with Gasteiger partial charge in [-0.25, -0.2) is 0 Å². The fourth-order valence-corrected chi connectivity index (χ4v) is 3.22. The minimum atomic E-state index is 0.0834. The van der Waals surface area contributed by atoms with Crippen LogP contribution in [0.5, 0.6) is 0 Å². The number of benzene rings is 2. The van der Waals surface area contributed by atoms with E-state index in [1.165, 1.54) is 5.56 Å². The number of nitrogens with zero attached hydrogens (tertiary/aromatic N) is 1. The number of likely N-dealkylation sites (tertiary alicyclic amines) is 1. The van der Waals surface area contributed by atoms with E-state index in [2.05, 4.69) is 53.5 Å². The molecule has 0 bridgehead atoms. The molecule has 2 N–H and O–H groups in total. The van der Waals surface area contributed by atoms with Gasteiger partial charge in [-0.15, -0.1) is 0 Å². The van der Waals surface area contributed by atoms with E-state index >= 15 is 0 Å². The highest BCUT2D eigenvalue weighted by Crippen LogP contribution is 2.26. The first kappa shape index (κ1) is 15.1. The van der Waals surface area contributed by atoms with Gasteiger partial charge in [0, 0.05) is 36.4 Å². The topological polar surface area (TPSA) is 35.5 Å². The van der Waals surface area contributed by atoms with Crippen LogP contribution in [-0.2, 0) is 6.61 Å². The SMILES string of the molecule is CC(c1ccccc1)N1CCC(Nc2ccccc2CO)C1. The van der Waals surface area contributed by atoms with Gasteiger partial charge in [-0.1, -0.05) is 48.5 Å². The van der Waals surface area contributed by atoms with Crippen LogP contribution in [0.25, 0.3) is 0 Å². The number of hydrogen-bond acceptors (Lipinski definition) is 3. The Balaban J connectivity index is 1.63. The van der Waals surface area contributed by atoms with E-state index in [-0.39, 0.29) is 6.61 Å². The van der Waals surface area contributed by atoms with Gasteiger partial charge in [0.05, 0.1) is 6.61 Å². The Morgan fingerprint density at radius 3 is 2.64 bits per heavy atom. The molecule has 22 heavy (non-hydrogen) atoms. The van der Waals surface area contributed by atoms with Crippen LogP contribution in [0.2, 0.25) is 0 Å². The summed E-state index contributed by atoms with van der Waals surface area (Å²) in [4.78, 5) is 2.52. The summed E-state index contributed by atoms with van der Waals surface area (Å²) in [5.74, 6) is 0. The van der Waals surface area contributed by atoms with Crippen LogP contribution in [0, 0.1) is 0 Å². The number of nitrogens with one attached hydrogen (secondary N) is 1. The molecule has 0 aliphatic carbocycles. The summed E-state index contributed by atoms with van der Waals surface area (Å²) in [6.07, 6.45) is 1.14. The Morgan fingerprint density at radius 2 is 1.86 bits per heavy atom. The maximum atomic E-state index is 9.43. The van der Waals surface area contributed by atoms with Gasteiger partial charge in [-0.2, -0.15) is 0 Å². The van der Waals surface area contributed by atoms with Gasteiger partial charge < -0.3 is 10.4 Å². The second kappa shape index (κ2) is 6.95. The van der Waals surface area contributed by atoms with Crippen LogP contribution in [0.15, 0.2) is 54.6 Å². The van der Waals surface area contributed by atoms with Crippen molar-refractivity contribution in [3.63, 3.8) is 0 Å². The highest BCUT2D eigenvalue weighted by Gasteiger charge is 2.26. The van der Waals surface area contributed by atoms with Crippen molar-refractivity contribution in [1.29, 1.82) is 0 Å². The smallest absolute Gasteiger partial charge is 0.0701 e. The molecule has 3 nitrogen and oxygen atoms in total.